The molecule has 3 nitrogen and oxygen atoms in total. The molecule has 2 aromatic rings. The van der Waals surface area contributed by atoms with Gasteiger partial charge in [0.05, 0.1) is 0 Å². The van der Waals surface area contributed by atoms with Gasteiger partial charge in [-0.05, 0) is 24.3 Å². The smallest absolute Gasteiger partial charge is 0.229 e. The Morgan fingerprint density at radius 1 is 1.10 bits per heavy atom. The van der Waals surface area contributed by atoms with Gasteiger partial charge in [-0.3, -0.25) is 9.36 Å². The van der Waals surface area contributed by atoms with E-state index >= 15 is 0 Å². The Balaban J connectivity index is 1.83. The van der Waals surface area contributed by atoms with Crippen molar-refractivity contribution >= 4 is 5.91 Å². The highest BCUT2D eigenvalue weighted by Crippen LogP contribution is 2.32. The average Bonchev–Trinajstić information content (AvgIpc) is 2.83. The fourth-order valence-corrected chi connectivity index (χ4v) is 3.29. The predicted molar refractivity (Wildman–Crippen MR) is 84.4 cm³/mol. The van der Waals surface area contributed by atoms with Crippen LogP contribution in [0.2, 0.25) is 0 Å². The maximum atomic E-state index is 11.6. The van der Waals surface area contributed by atoms with Crippen LogP contribution in [0.4, 0.5) is 0 Å². The van der Waals surface area contributed by atoms with E-state index in [0.29, 0.717) is 5.92 Å². The highest BCUT2D eigenvalue weighted by molar-refractivity contribution is 5.80. The first kappa shape index (κ1) is 14.1. The van der Waals surface area contributed by atoms with Gasteiger partial charge in [0.25, 0.3) is 0 Å². The van der Waals surface area contributed by atoms with Gasteiger partial charge < -0.3 is 0 Å². The molecule has 0 radical (unpaired) electrons. The Bertz CT molecular complexity index is 604. The Labute approximate surface area is 126 Å². The Morgan fingerprint density at radius 3 is 2.38 bits per heavy atom. The van der Waals surface area contributed by atoms with Crippen LogP contribution in [0.25, 0.3) is 11.4 Å². The van der Waals surface area contributed by atoms with E-state index in [1.807, 2.05) is 0 Å². The number of hydrogen-bond donors (Lipinski definition) is 0. The van der Waals surface area contributed by atoms with Crippen molar-refractivity contribution in [3.8, 4) is 11.4 Å². The number of nitrogens with zero attached hydrogens (tertiary/aromatic N) is 2. The van der Waals surface area contributed by atoms with Crippen molar-refractivity contribution in [2.24, 2.45) is 0 Å². The molecule has 1 aromatic heterocycles. The largest absolute Gasteiger partial charge is 0.274 e. The fourth-order valence-electron chi connectivity index (χ4n) is 3.29. The summed E-state index contributed by atoms with van der Waals surface area (Å²) in [5, 5.41) is 0. The summed E-state index contributed by atoms with van der Waals surface area (Å²) in [6, 6.07) is 8.62. The van der Waals surface area contributed by atoms with E-state index in [1.165, 1.54) is 44.1 Å². The summed E-state index contributed by atoms with van der Waals surface area (Å²) in [6.45, 7) is 1.56. The lowest BCUT2D eigenvalue weighted by Gasteiger charge is -2.15. The summed E-state index contributed by atoms with van der Waals surface area (Å²) in [7, 11) is 0. The molecule has 3 heteroatoms. The zero-order valence-corrected chi connectivity index (χ0v) is 12.6. The minimum absolute atomic E-state index is 0.00431. The van der Waals surface area contributed by atoms with E-state index in [1.54, 1.807) is 23.9 Å². The quantitative estimate of drug-likeness (QED) is 0.752. The van der Waals surface area contributed by atoms with Crippen LogP contribution in [0.3, 0.4) is 0 Å². The zero-order valence-electron chi connectivity index (χ0n) is 12.6. The first-order valence-electron chi connectivity index (χ1n) is 7.90. The molecule has 0 aliphatic heterocycles. The molecular weight excluding hydrogens is 260 g/mol. The lowest BCUT2D eigenvalue weighted by Crippen LogP contribution is -2.06. The minimum Gasteiger partial charge on any atom is -0.274 e. The number of imidazole rings is 1. The second kappa shape index (κ2) is 6.25. The number of carbonyl (C=O) groups is 1. The number of carbonyl (C=O) groups excluding carboxylic acids is 1. The first-order chi connectivity index (χ1) is 10.3. The molecule has 0 unspecified atom stereocenters. The molecule has 0 spiro atoms. The molecule has 0 amide bonds. The van der Waals surface area contributed by atoms with Gasteiger partial charge in [0.15, 0.2) is 0 Å². The first-order valence-corrected chi connectivity index (χ1v) is 7.90. The molecule has 0 atom stereocenters. The standard InChI is InChI=1S/C18H22N2O/c1-14(21)20-13-12-19-18(20)17-10-8-16(9-11-17)15-6-4-2-3-5-7-15/h8-13,15H,2-7H2,1H3. The monoisotopic (exact) mass is 282 g/mol. The molecule has 1 fully saturated rings. The van der Waals surface area contributed by atoms with Crippen LogP contribution in [0.5, 0.6) is 0 Å². The van der Waals surface area contributed by atoms with Crippen molar-refractivity contribution in [3.63, 3.8) is 0 Å². The Kier molecular flexibility index (Phi) is 4.18. The van der Waals surface area contributed by atoms with Gasteiger partial charge in [-0.25, -0.2) is 4.98 Å². The zero-order chi connectivity index (χ0) is 14.7. The van der Waals surface area contributed by atoms with Crippen LogP contribution in [0.15, 0.2) is 36.7 Å². The Morgan fingerprint density at radius 2 is 1.76 bits per heavy atom. The van der Waals surface area contributed by atoms with E-state index in [9.17, 15) is 4.79 Å². The number of aromatic nitrogens is 2. The predicted octanol–water partition coefficient (Wildman–Crippen LogP) is 4.65. The van der Waals surface area contributed by atoms with Crippen molar-refractivity contribution in [3.05, 3.63) is 42.2 Å². The maximum absolute atomic E-state index is 11.6. The van der Waals surface area contributed by atoms with E-state index < -0.39 is 0 Å². The molecule has 0 N–H and O–H groups in total. The van der Waals surface area contributed by atoms with Gasteiger partial charge in [0, 0.05) is 24.9 Å². The highest BCUT2D eigenvalue weighted by atomic mass is 16.1. The molecule has 0 bridgehead atoms. The minimum atomic E-state index is -0.00431. The van der Waals surface area contributed by atoms with Crippen molar-refractivity contribution < 1.29 is 4.79 Å². The second-order valence-corrected chi connectivity index (χ2v) is 5.95. The van der Waals surface area contributed by atoms with E-state index in [4.69, 9.17) is 0 Å². The van der Waals surface area contributed by atoms with Gasteiger partial charge in [-0.15, -0.1) is 0 Å². The van der Waals surface area contributed by atoms with Crippen LogP contribution in [-0.4, -0.2) is 15.5 Å². The lowest BCUT2D eigenvalue weighted by molar-refractivity contribution is 0.0938. The van der Waals surface area contributed by atoms with Crippen LogP contribution in [0.1, 0.15) is 61.7 Å². The molecular formula is C18H22N2O. The summed E-state index contributed by atoms with van der Waals surface area (Å²) in [6.07, 6.45) is 11.5. The van der Waals surface area contributed by atoms with Crippen molar-refractivity contribution in [2.45, 2.75) is 51.4 Å². The number of rotatable bonds is 2. The molecule has 21 heavy (non-hydrogen) atoms. The fraction of sp³-hybridized carbons (Fsp3) is 0.444. The highest BCUT2D eigenvalue weighted by Gasteiger charge is 2.15. The SMILES string of the molecule is CC(=O)n1ccnc1-c1ccc(C2CCCCCC2)cc1. The third-order valence-electron chi connectivity index (χ3n) is 4.48. The van der Waals surface area contributed by atoms with Crippen LogP contribution >= 0.6 is 0 Å². The van der Waals surface area contributed by atoms with Gasteiger partial charge in [0.1, 0.15) is 5.82 Å². The van der Waals surface area contributed by atoms with Crippen LogP contribution in [0, 0.1) is 0 Å². The topological polar surface area (TPSA) is 34.9 Å². The third kappa shape index (κ3) is 3.07. The summed E-state index contributed by atoms with van der Waals surface area (Å²) >= 11 is 0. The Hall–Kier alpha value is -1.90. The molecule has 1 aliphatic carbocycles. The summed E-state index contributed by atoms with van der Waals surface area (Å²) in [5.74, 6) is 1.43. The molecule has 1 aromatic carbocycles. The molecule has 3 rings (SSSR count). The van der Waals surface area contributed by atoms with E-state index in [2.05, 4.69) is 29.2 Å². The third-order valence-corrected chi connectivity index (χ3v) is 4.48. The van der Waals surface area contributed by atoms with E-state index in [0.717, 1.165) is 11.4 Å². The van der Waals surface area contributed by atoms with Gasteiger partial charge in [-0.2, -0.15) is 0 Å². The molecule has 1 saturated carbocycles. The summed E-state index contributed by atoms with van der Waals surface area (Å²) in [4.78, 5) is 15.9. The number of benzene rings is 1. The summed E-state index contributed by atoms with van der Waals surface area (Å²) < 4.78 is 1.60. The molecule has 1 heterocycles. The normalized spacial score (nSPS) is 16.6. The summed E-state index contributed by atoms with van der Waals surface area (Å²) in [5.41, 5.74) is 2.44. The van der Waals surface area contributed by atoms with E-state index in [-0.39, 0.29) is 5.91 Å². The second-order valence-electron chi connectivity index (χ2n) is 5.95. The van der Waals surface area contributed by atoms with Crippen molar-refractivity contribution in [2.75, 3.05) is 0 Å². The van der Waals surface area contributed by atoms with Gasteiger partial charge in [-0.1, -0.05) is 49.9 Å². The lowest BCUT2D eigenvalue weighted by atomic mass is 9.91. The molecule has 110 valence electrons. The van der Waals surface area contributed by atoms with Crippen LogP contribution < -0.4 is 0 Å². The van der Waals surface area contributed by atoms with Crippen molar-refractivity contribution in [1.82, 2.24) is 9.55 Å². The maximum Gasteiger partial charge on any atom is 0.229 e. The van der Waals surface area contributed by atoms with Crippen molar-refractivity contribution in [1.29, 1.82) is 0 Å². The van der Waals surface area contributed by atoms with Gasteiger partial charge >= 0.3 is 0 Å². The van der Waals surface area contributed by atoms with Crippen LogP contribution in [-0.2, 0) is 0 Å². The van der Waals surface area contributed by atoms with Gasteiger partial charge in [0.2, 0.25) is 5.91 Å². The average molecular weight is 282 g/mol. The number of hydrogen-bond acceptors (Lipinski definition) is 2. The molecule has 1 aliphatic rings. The molecule has 0 saturated heterocycles.